The minimum atomic E-state index is -0.302. The maximum absolute atomic E-state index is 10.8. The molecule has 1 aliphatic rings. The fourth-order valence-electron chi connectivity index (χ4n) is 0.764. The van der Waals surface area contributed by atoms with E-state index >= 15 is 0 Å². The molecule has 0 atom stereocenters. The van der Waals surface area contributed by atoms with Gasteiger partial charge in [-0.1, -0.05) is 6.08 Å². The van der Waals surface area contributed by atoms with Gasteiger partial charge in [0.05, 0.1) is 12.7 Å². The van der Waals surface area contributed by atoms with Crippen LogP contribution >= 0.6 is 0 Å². The first-order valence-corrected chi connectivity index (χ1v) is 3.13. The lowest BCUT2D eigenvalue weighted by molar-refractivity contribution is -0.135. The van der Waals surface area contributed by atoms with E-state index in [0.29, 0.717) is 5.57 Å². The number of carbonyl (C=O) groups is 1. The molecule has 3 heteroatoms. The first kappa shape index (κ1) is 6.99. The summed E-state index contributed by atoms with van der Waals surface area (Å²) < 4.78 is 4.49. The largest absolute Gasteiger partial charge is 0.465 e. The number of methoxy groups -OCH3 is 1. The van der Waals surface area contributed by atoms with Crippen LogP contribution in [-0.2, 0) is 9.53 Å². The Hall–Kier alpha value is -1.12. The summed E-state index contributed by atoms with van der Waals surface area (Å²) in [4.78, 5) is 14.7. The molecule has 0 aromatic heterocycles. The van der Waals surface area contributed by atoms with Gasteiger partial charge in [0, 0.05) is 12.8 Å². The number of dihydropyridines is 1. The van der Waals surface area contributed by atoms with E-state index < -0.39 is 0 Å². The summed E-state index contributed by atoms with van der Waals surface area (Å²) in [6, 6.07) is 0. The molecule has 1 aliphatic heterocycles. The van der Waals surface area contributed by atoms with Crippen LogP contribution in [0.5, 0.6) is 0 Å². The molecule has 0 amide bonds. The van der Waals surface area contributed by atoms with Gasteiger partial charge >= 0.3 is 5.97 Å². The SMILES string of the molecule is COC(=O)C1=CCCN=C1. The van der Waals surface area contributed by atoms with Gasteiger partial charge in [-0.15, -0.1) is 0 Å². The molecular formula is C7H9NO2. The summed E-state index contributed by atoms with van der Waals surface area (Å²) in [5.74, 6) is -0.302. The molecule has 1 heterocycles. The second-order valence-electron chi connectivity index (χ2n) is 1.98. The molecule has 0 aromatic carbocycles. The lowest BCUT2D eigenvalue weighted by Gasteiger charge is -2.02. The van der Waals surface area contributed by atoms with E-state index in [1.807, 2.05) is 6.08 Å². The lowest BCUT2D eigenvalue weighted by Crippen LogP contribution is -2.08. The van der Waals surface area contributed by atoms with E-state index in [1.54, 1.807) is 6.21 Å². The summed E-state index contributed by atoms with van der Waals surface area (Å²) in [6.07, 6.45) is 4.22. The molecule has 1 rings (SSSR count). The smallest absolute Gasteiger partial charge is 0.339 e. The Balaban J connectivity index is 2.63. The van der Waals surface area contributed by atoms with Crippen molar-refractivity contribution in [2.75, 3.05) is 13.7 Å². The number of aliphatic imine (C=N–C) groups is 1. The van der Waals surface area contributed by atoms with Crippen LogP contribution in [0.2, 0.25) is 0 Å². The Morgan fingerprint density at radius 2 is 2.60 bits per heavy atom. The summed E-state index contributed by atoms with van der Waals surface area (Å²) in [5.41, 5.74) is 0.564. The third kappa shape index (κ3) is 1.43. The number of carbonyl (C=O) groups excluding carboxylic acids is 1. The average Bonchev–Trinajstić information content (AvgIpc) is 2.05. The van der Waals surface area contributed by atoms with Crippen LogP contribution in [0.25, 0.3) is 0 Å². The summed E-state index contributed by atoms with van der Waals surface area (Å²) in [5, 5.41) is 0. The zero-order valence-electron chi connectivity index (χ0n) is 5.83. The van der Waals surface area contributed by atoms with Crippen molar-refractivity contribution in [3.63, 3.8) is 0 Å². The average molecular weight is 139 g/mol. The minimum Gasteiger partial charge on any atom is -0.465 e. The number of ether oxygens (including phenoxy) is 1. The molecule has 0 aromatic rings. The minimum absolute atomic E-state index is 0.302. The predicted octanol–water partition coefficient (Wildman–Crippen LogP) is 0.560. The number of nitrogens with zero attached hydrogens (tertiary/aromatic N) is 1. The fourth-order valence-corrected chi connectivity index (χ4v) is 0.764. The monoisotopic (exact) mass is 139 g/mol. The fraction of sp³-hybridized carbons (Fsp3) is 0.429. The van der Waals surface area contributed by atoms with E-state index in [0.717, 1.165) is 13.0 Å². The molecule has 0 radical (unpaired) electrons. The number of hydrogen-bond acceptors (Lipinski definition) is 3. The molecule has 0 aliphatic carbocycles. The van der Waals surface area contributed by atoms with Crippen LogP contribution in [-0.4, -0.2) is 25.8 Å². The lowest BCUT2D eigenvalue weighted by atomic mass is 10.2. The van der Waals surface area contributed by atoms with Crippen LogP contribution in [0.1, 0.15) is 6.42 Å². The van der Waals surface area contributed by atoms with Gasteiger partial charge in [0.1, 0.15) is 0 Å². The van der Waals surface area contributed by atoms with Crippen LogP contribution in [0, 0.1) is 0 Å². The predicted molar refractivity (Wildman–Crippen MR) is 38.1 cm³/mol. The number of esters is 1. The van der Waals surface area contributed by atoms with Crippen molar-refractivity contribution in [3.8, 4) is 0 Å². The zero-order valence-corrected chi connectivity index (χ0v) is 5.83. The van der Waals surface area contributed by atoms with Crippen LogP contribution in [0.15, 0.2) is 16.6 Å². The van der Waals surface area contributed by atoms with Gasteiger partial charge in [-0.05, 0) is 6.42 Å². The van der Waals surface area contributed by atoms with Crippen molar-refractivity contribution >= 4 is 12.2 Å². The van der Waals surface area contributed by atoms with Crippen LogP contribution < -0.4 is 0 Å². The molecule has 0 fully saturated rings. The zero-order chi connectivity index (χ0) is 7.40. The molecule has 0 N–H and O–H groups in total. The van der Waals surface area contributed by atoms with Crippen molar-refractivity contribution in [2.45, 2.75) is 6.42 Å². The second kappa shape index (κ2) is 3.15. The maximum Gasteiger partial charge on any atom is 0.339 e. The highest BCUT2D eigenvalue weighted by atomic mass is 16.5. The first-order valence-electron chi connectivity index (χ1n) is 3.13. The first-order chi connectivity index (χ1) is 4.84. The summed E-state index contributed by atoms with van der Waals surface area (Å²) in [7, 11) is 1.37. The molecule has 10 heavy (non-hydrogen) atoms. The third-order valence-corrected chi connectivity index (χ3v) is 1.27. The van der Waals surface area contributed by atoms with Crippen molar-refractivity contribution in [2.24, 2.45) is 4.99 Å². The van der Waals surface area contributed by atoms with Crippen molar-refractivity contribution in [3.05, 3.63) is 11.6 Å². The highest BCUT2D eigenvalue weighted by Gasteiger charge is 2.07. The number of hydrogen-bond donors (Lipinski definition) is 0. The van der Waals surface area contributed by atoms with Crippen molar-refractivity contribution in [1.29, 1.82) is 0 Å². The maximum atomic E-state index is 10.8. The van der Waals surface area contributed by atoms with E-state index in [-0.39, 0.29) is 5.97 Å². The molecule has 0 saturated heterocycles. The van der Waals surface area contributed by atoms with Crippen LogP contribution in [0.4, 0.5) is 0 Å². The Labute approximate surface area is 59.4 Å². The van der Waals surface area contributed by atoms with Gasteiger partial charge < -0.3 is 4.74 Å². The van der Waals surface area contributed by atoms with E-state index in [2.05, 4.69) is 9.73 Å². The highest BCUT2D eigenvalue weighted by Crippen LogP contribution is 2.01. The van der Waals surface area contributed by atoms with Gasteiger partial charge in [0.15, 0.2) is 0 Å². The van der Waals surface area contributed by atoms with Gasteiger partial charge in [0.25, 0.3) is 0 Å². The van der Waals surface area contributed by atoms with E-state index in [1.165, 1.54) is 7.11 Å². The van der Waals surface area contributed by atoms with E-state index in [4.69, 9.17) is 0 Å². The summed E-state index contributed by atoms with van der Waals surface area (Å²) in [6.45, 7) is 0.778. The van der Waals surface area contributed by atoms with Crippen molar-refractivity contribution in [1.82, 2.24) is 0 Å². The molecule has 0 unspecified atom stereocenters. The molecule has 0 bridgehead atoms. The molecule has 54 valence electrons. The third-order valence-electron chi connectivity index (χ3n) is 1.27. The van der Waals surface area contributed by atoms with Crippen molar-refractivity contribution < 1.29 is 9.53 Å². The van der Waals surface area contributed by atoms with Gasteiger partial charge in [-0.25, -0.2) is 4.79 Å². The standard InChI is InChI=1S/C7H9NO2/c1-10-7(9)6-3-2-4-8-5-6/h3,5H,2,4H2,1H3. The quantitative estimate of drug-likeness (QED) is 0.498. The molecule has 0 saturated carbocycles. The normalized spacial score (nSPS) is 16.3. The second-order valence-corrected chi connectivity index (χ2v) is 1.98. The highest BCUT2D eigenvalue weighted by molar-refractivity contribution is 6.09. The Bertz CT molecular complexity index is 194. The molecular weight excluding hydrogens is 130 g/mol. The van der Waals surface area contributed by atoms with Gasteiger partial charge in [0.2, 0.25) is 0 Å². The van der Waals surface area contributed by atoms with Crippen LogP contribution in [0.3, 0.4) is 0 Å². The van der Waals surface area contributed by atoms with Gasteiger partial charge in [-0.2, -0.15) is 0 Å². The number of rotatable bonds is 1. The Kier molecular flexibility index (Phi) is 2.20. The molecule has 3 nitrogen and oxygen atoms in total. The van der Waals surface area contributed by atoms with E-state index in [9.17, 15) is 4.79 Å². The Morgan fingerprint density at radius 1 is 1.80 bits per heavy atom. The topological polar surface area (TPSA) is 38.7 Å². The molecule has 0 spiro atoms. The Morgan fingerprint density at radius 3 is 3.10 bits per heavy atom. The summed E-state index contributed by atoms with van der Waals surface area (Å²) >= 11 is 0. The van der Waals surface area contributed by atoms with Gasteiger partial charge in [-0.3, -0.25) is 4.99 Å².